The molecule has 2 aliphatic rings. The van der Waals surface area contributed by atoms with Gasteiger partial charge in [-0.05, 0) is 49.3 Å². The third-order valence-electron chi connectivity index (χ3n) is 7.27. The predicted molar refractivity (Wildman–Crippen MR) is 120 cm³/mol. The van der Waals surface area contributed by atoms with E-state index in [2.05, 4.69) is 89.0 Å². The van der Waals surface area contributed by atoms with Crippen LogP contribution in [0.25, 0.3) is 22.1 Å². The van der Waals surface area contributed by atoms with Gasteiger partial charge < -0.3 is 14.2 Å². The molecule has 3 heterocycles. The van der Waals surface area contributed by atoms with Crippen molar-refractivity contribution in [3.05, 3.63) is 47.4 Å². The summed E-state index contributed by atoms with van der Waals surface area (Å²) in [6, 6.07) is 6.77. The molecule has 4 nitrogen and oxygen atoms in total. The molecule has 0 radical (unpaired) electrons. The third-order valence-corrected chi connectivity index (χ3v) is 7.27. The summed E-state index contributed by atoms with van der Waals surface area (Å²) in [6.45, 7) is 13.7. The van der Waals surface area contributed by atoms with Crippen molar-refractivity contribution in [1.29, 1.82) is 0 Å². The van der Waals surface area contributed by atoms with Crippen LogP contribution >= 0.6 is 0 Å². The molecule has 1 aliphatic heterocycles. The van der Waals surface area contributed by atoms with Gasteiger partial charge in [-0.15, -0.1) is 0 Å². The van der Waals surface area contributed by atoms with Crippen molar-refractivity contribution in [2.24, 2.45) is 0 Å². The first kappa shape index (κ1) is 18.5. The molecule has 152 valence electrons. The maximum absolute atomic E-state index is 6.48. The Balaban J connectivity index is 1.81. The Kier molecular flexibility index (Phi) is 3.69. The van der Waals surface area contributed by atoms with Crippen molar-refractivity contribution >= 4 is 27.8 Å². The molecule has 1 aromatic carbocycles. The number of aryl methyl sites for hydroxylation is 1. The van der Waals surface area contributed by atoms with Gasteiger partial charge in [-0.25, -0.2) is 4.98 Å². The zero-order chi connectivity index (χ0) is 20.7. The number of benzene rings is 1. The summed E-state index contributed by atoms with van der Waals surface area (Å²) in [4.78, 5) is 9.63. The summed E-state index contributed by atoms with van der Waals surface area (Å²) in [5.74, 6) is 0. The van der Waals surface area contributed by atoms with E-state index in [1.54, 1.807) is 0 Å². The van der Waals surface area contributed by atoms with Crippen molar-refractivity contribution in [2.45, 2.75) is 71.4 Å². The average molecular weight is 390 g/mol. The number of pyridine rings is 1. The first-order valence-corrected chi connectivity index (χ1v) is 10.7. The Morgan fingerprint density at radius 1 is 1.03 bits per heavy atom. The average Bonchev–Trinajstić information content (AvgIpc) is 3.18. The highest BCUT2D eigenvalue weighted by Gasteiger charge is 2.39. The monoisotopic (exact) mass is 389 g/mol. The summed E-state index contributed by atoms with van der Waals surface area (Å²) in [6.07, 6.45) is 6.85. The molecule has 0 spiro atoms. The molecule has 0 saturated heterocycles. The van der Waals surface area contributed by atoms with E-state index >= 15 is 0 Å². The number of fused-ring (bicyclic) bond motifs is 4. The largest absolute Gasteiger partial charge is 0.435 e. The number of nitrogens with zero attached hydrogens (tertiary/aromatic N) is 3. The van der Waals surface area contributed by atoms with Crippen LogP contribution in [0.1, 0.15) is 64.3 Å². The van der Waals surface area contributed by atoms with Crippen LogP contribution < -0.4 is 4.90 Å². The number of furan rings is 1. The first-order chi connectivity index (χ1) is 13.6. The summed E-state index contributed by atoms with van der Waals surface area (Å²) in [5.41, 5.74) is 6.86. The summed E-state index contributed by atoms with van der Waals surface area (Å²) >= 11 is 0. The van der Waals surface area contributed by atoms with Crippen molar-refractivity contribution in [3.8, 4) is 0 Å². The molecule has 5 rings (SSSR count). The fourth-order valence-corrected chi connectivity index (χ4v) is 4.96. The van der Waals surface area contributed by atoms with E-state index in [0.717, 1.165) is 34.2 Å². The second-order valence-corrected chi connectivity index (χ2v) is 10.2. The van der Waals surface area contributed by atoms with E-state index in [-0.39, 0.29) is 17.0 Å². The number of rotatable bonds is 1. The molecule has 3 aromatic rings. The fourth-order valence-electron chi connectivity index (χ4n) is 4.96. The van der Waals surface area contributed by atoms with E-state index in [4.69, 9.17) is 9.40 Å². The molecular formula is C25H31N3O. The van der Waals surface area contributed by atoms with Crippen molar-refractivity contribution in [2.75, 3.05) is 11.9 Å². The Labute approximate surface area is 173 Å². The third kappa shape index (κ3) is 2.54. The Morgan fingerprint density at radius 2 is 1.76 bits per heavy atom. The van der Waals surface area contributed by atoms with Crippen LogP contribution in [0.5, 0.6) is 0 Å². The molecule has 1 aliphatic carbocycles. The molecule has 4 heteroatoms. The van der Waals surface area contributed by atoms with Crippen LogP contribution in [0, 0.1) is 6.92 Å². The second-order valence-electron chi connectivity index (χ2n) is 10.2. The Hall–Kier alpha value is -2.49. The molecule has 2 aromatic heterocycles. The minimum atomic E-state index is 0.0751. The SMILES string of the molecule is Cc1ccc2c(oc3nc4c(cc32)C(C)(C)CCC4(C)C)c1N1C=CN(C)[C@@H]1C. The smallest absolute Gasteiger partial charge is 0.227 e. The highest BCUT2D eigenvalue weighted by molar-refractivity contribution is 6.09. The van der Waals surface area contributed by atoms with Gasteiger partial charge in [-0.1, -0.05) is 39.8 Å². The van der Waals surface area contributed by atoms with Crippen LogP contribution in [-0.4, -0.2) is 23.1 Å². The van der Waals surface area contributed by atoms with Crippen LogP contribution in [0.3, 0.4) is 0 Å². The number of anilines is 1. The molecule has 0 saturated carbocycles. The molecule has 0 amide bonds. The Morgan fingerprint density at radius 3 is 2.45 bits per heavy atom. The van der Waals surface area contributed by atoms with E-state index < -0.39 is 0 Å². The fraction of sp³-hybridized carbons (Fsp3) is 0.480. The van der Waals surface area contributed by atoms with Gasteiger partial charge in [0.05, 0.1) is 11.4 Å². The van der Waals surface area contributed by atoms with Crippen molar-refractivity contribution in [1.82, 2.24) is 9.88 Å². The van der Waals surface area contributed by atoms with Gasteiger partial charge in [0.25, 0.3) is 0 Å². The van der Waals surface area contributed by atoms with E-state index in [0.29, 0.717) is 0 Å². The first-order valence-electron chi connectivity index (χ1n) is 10.7. The number of aromatic nitrogens is 1. The van der Waals surface area contributed by atoms with Gasteiger partial charge in [0.15, 0.2) is 5.58 Å². The predicted octanol–water partition coefficient (Wildman–Crippen LogP) is 6.21. The standard InChI is InChI=1S/C25H31N3O/c1-15-8-9-17-18-14-19-22(25(5,6)11-10-24(19,3)4)26-23(18)29-21(17)20(15)28-13-12-27(7)16(28)2/h8-9,12-14,16H,10-11H2,1-7H3/t16-/m0/s1. The quantitative estimate of drug-likeness (QED) is 0.495. The molecule has 1 atom stereocenters. The molecule has 0 unspecified atom stereocenters. The normalized spacial score (nSPS) is 22.7. The topological polar surface area (TPSA) is 32.5 Å². The van der Waals surface area contributed by atoms with Gasteiger partial charge in [0.2, 0.25) is 5.71 Å². The zero-order valence-corrected chi connectivity index (χ0v) is 18.6. The summed E-state index contributed by atoms with van der Waals surface area (Å²) < 4.78 is 6.48. The minimum absolute atomic E-state index is 0.0751. The van der Waals surface area contributed by atoms with Crippen LogP contribution in [0.4, 0.5) is 5.69 Å². The van der Waals surface area contributed by atoms with Crippen molar-refractivity contribution < 1.29 is 4.42 Å². The summed E-state index contributed by atoms with van der Waals surface area (Å²) in [7, 11) is 2.11. The van der Waals surface area contributed by atoms with E-state index in [1.807, 2.05) is 0 Å². The Bertz CT molecular complexity index is 1170. The number of hydrogen-bond acceptors (Lipinski definition) is 4. The van der Waals surface area contributed by atoms with Gasteiger partial charge in [0, 0.05) is 35.6 Å². The lowest BCUT2D eigenvalue weighted by Gasteiger charge is -2.40. The van der Waals surface area contributed by atoms with E-state index in [1.165, 1.54) is 23.2 Å². The van der Waals surface area contributed by atoms with Crippen molar-refractivity contribution in [3.63, 3.8) is 0 Å². The summed E-state index contributed by atoms with van der Waals surface area (Å²) in [5, 5.41) is 2.29. The molecule has 0 fully saturated rings. The van der Waals surface area contributed by atoms with Gasteiger partial charge in [-0.2, -0.15) is 0 Å². The maximum atomic E-state index is 6.48. The van der Waals surface area contributed by atoms with Crippen LogP contribution in [0.2, 0.25) is 0 Å². The highest BCUT2D eigenvalue weighted by atomic mass is 16.3. The lowest BCUT2D eigenvalue weighted by molar-refractivity contribution is 0.323. The van der Waals surface area contributed by atoms with Gasteiger partial charge in [-0.3, -0.25) is 0 Å². The maximum Gasteiger partial charge on any atom is 0.227 e. The van der Waals surface area contributed by atoms with Gasteiger partial charge in [0.1, 0.15) is 6.17 Å². The van der Waals surface area contributed by atoms with E-state index in [9.17, 15) is 0 Å². The molecular weight excluding hydrogens is 358 g/mol. The molecule has 0 N–H and O–H groups in total. The van der Waals surface area contributed by atoms with Gasteiger partial charge >= 0.3 is 0 Å². The highest BCUT2D eigenvalue weighted by Crippen LogP contribution is 2.47. The lowest BCUT2D eigenvalue weighted by atomic mass is 9.65. The number of hydrogen-bond donors (Lipinski definition) is 0. The molecule has 29 heavy (non-hydrogen) atoms. The zero-order valence-electron chi connectivity index (χ0n) is 18.6. The minimum Gasteiger partial charge on any atom is -0.435 e. The lowest BCUT2D eigenvalue weighted by Crippen LogP contribution is -2.34. The van der Waals surface area contributed by atoms with Crippen LogP contribution in [-0.2, 0) is 10.8 Å². The second kappa shape index (κ2) is 5.78. The van der Waals surface area contributed by atoms with Crippen LogP contribution in [0.15, 0.2) is 35.0 Å². The molecule has 0 bridgehead atoms.